The molecule has 0 radical (unpaired) electrons. The summed E-state index contributed by atoms with van der Waals surface area (Å²) >= 11 is 6.00. The van der Waals surface area contributed by atoms with Crippen LogP contribution in [0.25, 0.3) is 17.2 Å². The van der Waals surface area contributed by atoms with Gasteiger partial charge in [0.15, 0.2) is 11.5 Å². The maximum Gasteiger partial charge on any atom is 0.416 e. The molecule has 0 unspecified atom stereocenters. The molecule has 11 nitrogen and oxygen atoms in total. The number of benzene rings is 2. The lowest BCUT2D eigenvalue weighted by molar-refractivity contribution is -0.137. The summed E-state index contributed by atoms with van der Waals surface area (Å²) in [5.41, 5.74) is 0.177. The highest BCUT2D eigenvalue weighted by Crippen LogP contribution is 2.34. The van der Waals surface area contributed by atoms with E-state index in [9.17, 15) is 31.5 Å². The number of amides is 1. The van der Waals surface area contributed by atoms with Crippen LogP contribution >= 0.6 is 11.6 Å². The number of anilines is 2. The van der Waals surface area contributed by atoms with Gasteiger partial charge in [-0.15, -0.1) is 5.10 Å². The Morgan fingerprint density at radius 1 is 1.11 bits per heavy atom. The third-order valence-corrected chi connectivity index (χ3v) is 7.47. The minimum Gasteiger partial charge on any atom is -0.416 e. The number of nitrogens with one attached hydrogen (secondary N) is 2. The van der Waals surface area contributed by atoms with Gasteiger partial charge in [0.2, 0.25) is 17.6 Å². The monoisotopic (exact) mass is 639 g/mol. The van der Waals surface area contributed by atoms with E-state index in [2.05, 4.69) is 20.7 Å². The fraction of sp³-hybridized carbons (Fsp3) is 0.333. The number of hydrogen-bond donors (Lipinski definition) is 2. The smallest absolute Gasteiger partial charge is 0.416 e. The predicted octanol–water partition coefficient (Wildman–Crippen LogP) is 3.91. The zero-order valence-corrected chi connectivity index (χ0v) is 23.4. The van der Waals surface area contributed by atoms with Crippen molar-refractivity contribution in [3.8, 4) is 17.3 Å². The molecule has 6 rings (SSSR count). The zero-order valence-electron chi connectivity index (χ0n) is 22.6. The number of fused-ring (bicyclic) bond motifs is 2. The van der Waals surface area contributed by atoms with Gasteiger partial charge in [-0.25, -0.2) is 0 Å². The number of carbonyl (C=O) groups excluding carboxylic acids is 1. The van der Waals surface area contributed by atoms with E-state index in [0.717, 1.165) is 32.3 Å². The second-order valence-corrected chi connectivity index (χ2v) is 10.4. The van der Waals surface area contributed by atoms with E-state index in [4.69, 9.17) is 21.1 Å². The summed E-state index contributed by atoms with van der Waals surface area (Å²) in [4.78, 5) is 33.0. The molecule has 0 bridgehead atoms. The summed E-state index contributed by atoms with van der Waals surface area (Å²) in [6.07, 6.45) is -4.66. The summed E-state index contributed by atoms with van der Waals surface area (Å²) in [7, 11) is 0. The number of hydrogen-bond acceptors (Lipinski definition) is 8. The number of ether oxygens (including phenoxy) is 2. The molecule has 0 atom stereocenters. The fourth-order valence-electron chi connectivity index (χ4n) is 5.09. The lowest BCUT2D eigenvalue weighted by atomic mass is 10.1. The molecule has 1 fully saturated rings. The summed E-state index contributed by atoms with van der Waals surface area (Å²) in [6, 6.07) is 7.70. The van der Waals surface area contributed by atoms with Gasteiger partial charge in [0, 0.05) is 31.7 Å². The van der Waals surface area contributed by atoms with Crippen LogP contribution in [0.5, 0.6) is 5.88 Å². The van der Waals surface area contributed by atoms with Crippen molar-refractivity contribution in [2.45, 2.75) is 32.5 Å². The van der Waals surface area contributed by atoms with Gasteiger partial charge < -0.3 is 25.0 Å². The van der Waals surface area contributed by atoms with Crippen LogP contribution in [0, 0.1) is 0 Å². The molecule has 2 aromatic heterocycles. The second-order valence-electron chi connectivity index (χ2n) is 10.0. The third kappa shape index (κ3) is 5.79. The molecule has 17 heteroatoms. The highest BCUT2D eigenvalue weighted by molar-refractivity contribution is 6.33. The Kier molecular flexibility index (Phi) is 7.89. The topological polar surface area (TPSA) is 115 Å². The molecule has 0 saturated carbocycles. The standard InChI is InChI=1S/C27H23ClF5N7O4/c28-18-10-17(27(31,32)33)3-4-19(18)35-20(41)11-39-24(44-25(29)30)21(38-7-5-34-6-8-38)23(42)40-26(39)36-22(37-40)14-1-2-15-12-43-13-16(15)9-14/h1-4,9-10,25,34H,5-8,11-13H2,(H,35,41). The summed E-state index contributed by atoms with van der Waals surface area (Å²) in [5, 5.41) is 9.47. The Hall–Kier alpha value is -4.28. The molecular weight excluding hydrogens is 617 g/mol. The Labute approximate surface area is 250 Å². The first-order valence-electron chi connectivity index (χ1n) is 13.3. The number of alkyl halides is 5. The normalized spacial score (nSPS) is 15.2. The molecule has 1 saturated heterocycles. The van der Waals surface area contributed by atoms with Gasteiger partial charge in [-0.05, 0) is 35.4 Å². The molecule has 232 valence electrons. The van der Waals surface area contributed by atoms with Gasteiger partial charge in [0.1, 0.15) is 6.54 Å². The molecule has 2 aromatic carbocycles. The third-order valence-electron chi connectivity index (χ3n) is 7.16. The van der Waals surface area contributed by atoms with Crippen LogP contribution in [0.3, 0.4) is 0 Å². The van der Waals surface area contributed by atoms with E-state index in [1.807, 2.05) is 6.07 Å². The zero-order chi connectivity index (χ0) is 31.2. The van der Waals surface area contributed by atoms with E-state index in [1.54, 1.807) is 17.0 Å². The van der Waals surface area contributed by atoms with Gasteiger partial charge in [0.25, 0.3) is 0 Å². The van der Waals surface area contributed by atoms with Gasteiger partial charge in [-0.1, -0.05) is 23.7 Å². The van der Waals surface area contributed by atoms with Gasteiger partial charge in [-0.3, -0.25) is 14.2 Å². The van der Waals surface area contributed by atoms with Crippen LogP contribution in [0.2, 0.25) is 5.02 Å². The molecule has 2 aliphatic heterocycles. The number of halogens is 6. The molecule has 1 amide bonds. The molecule has 4 heterocycles. The minimum absolute atomic E-state index is 0.0807. The van der Waals surface area contributed by atoms with Crippen molar-refractivity contribution in [3.63, 3.8) is 0 Å². The number of aromatic nitrogens is 4. The van der Waals surface area contributed by atoms with Crippen LogP contribution < -0.4 is 25.8 Å². The summed E-state index contributed by atoms with van der Waals surface area (Å²) in [6.45, 7) is -1.89. The Morgan fingerprint density at radius 2 is 1.86 bits per heavy atom. The van der Waals surface area contributed by atoms with E-state index in [0.29, 0.717) is 37.9 Å². The van der Waals surface area contributed by atoms with Gasteiger partial charge in [0.05, 0.1) is 29.5 Å². The van der Waals surface area contributed by atoms with E-state index in [-0.39, 0.29) is 36.1 Å². The van der Waals surface area contributed by atoms with Crippen molar-refractivity contribution >= 4 is 34.7 Å². The molecule has 44 heavy (non-hydrogen) atoms. The van der Waals surface area contributed by atoms with Crippen molar-refractivity contribution < 1.29 is 36.2 Å². The second kappa shape index (κ2) is 11.7. The SMILES string of the molecule is O=C(Cn1c(OC(F)F)c(N2CCNCC2)c(=O)n2nc(-c3ccc4c(c3)COC4)nc12)Nc1ccc(C(F)(F)F)cc1Cl. The van der Waals surface area contributed by atoms with Crippen LogP contribution in [0.4, 0.5) is 33.3 Å². The van der Waals surface area contributed by atoms with E-state index < -0.39 is 47.3 Å². The van der Waals surface area contributed by atoms with Crippen molar-refractivity contribution in [1.82, 2.24) is 24.5 Å². The lowest BCUT2D eigenvalue weighted by Crippen LogP contribution is -2.46. The van der Waals surface area contributed by atoms with Crippen LogP contribution in [-0.2, 0) is 35.5 Å². The van der Waals surface area contributed by atoms with E-state index in [1.165, 1.54) is 0 Å². The fourth-order valence-corrected chi connectivity index (χ4v) is 5.32. The van der Waals surface area contributed by atoms with Gasteiger partial charge in [-0.2, -0.15) is 31.5 Å². The van der Waals surface area contributed by atoms with Crippen LogP contribution in [0.1, 0.15) is 16.7 Å². The molecule has 2 aliphatic rings. The summed E-state index contributed by atoms with van der Waals surface area (Å²) in [5.74, 6) is -1.68. The van der Waals surface area contributed by atoms with Gasteiger partial charge >= 0.3 is 18.3 Å². The summed E-state index contributed by atoms with van der Waals surface area (Å²) < 4.78 is 79.1. The first-order valence-corrected chi connectivity index (χ1v) is 13.7. The Balaban J connectivity index is 1.46. The molecular formula is C27H23ClF5N7O4. The molecule has 0 aliphatic carbocycles. The first-order chi connectivity index (χ1) is 21.0. The maximum absolute atomic E-state index is 13.8. The number of piperazine rings is 1. The minimum atomic E-state index is -4.66. The van der Waals surface area contributed by atoms with Crippen molar-refractivity contribution in [2.75, 3.05) is 36.4 Å². The van der Waals surface area contributed by atoms with Crippen molar-refractivity contribution in [3.05, 3.63) is 68.5 Å². The molecule has 4 aromatic rings. The quantitative estimate of drug-likeness (QED) is 0.293. The predicted molar refractivity (Wildman–Crippen MR) is 148 cm³/mol. The average Bonchev–Trinajstić information content (AvgIpc) is 3.63. The Bertz CT molecular complexity index is 1800. The number of rotatable bonds is 7. The van der Waals surface area contributed by atoms with Crippen LogP contribution in [-0.4, -0.2) is 57.9 Å². The molecule has 2 N–H and O–H groups in total. The highest BCUT2D eigenvalue weighted by Gasteiger charge is 2.32. The number of carbonyl (C=O) groups is 1. The maximum atomic E-state index is 13.8. The van der Waals surface area contributed by atoms with Crippen molar-refractivity contribution in [1.29, 1.82) is 0 Å². The lowest BCUT2D eigenvalue weighted by Gasteiger charge is -2.30. The van der Waals surface area contributed by atoms with Crippen molar-refractivity contribution in [2.24, 2.45) is 0 Å². The average molecular weight is 640 g/mol. The first kappa shape index (κ1) is 29.8. The number of nitrogens with zero attached hydrogens (tertiary/aromatic N) is 5. The Morgan fingerprint density at radius 3 is 2.57 bits per heavy atom. The molecule has 0 spiro atoms. The largest absolute Gasteiger partial charge is 0.416 e. The highest BCUT2D eigenvalue weighted by atomic mass is 35.5. The van der Waals surface area contributed by atoms with Crippen LogP contribution in [0.15, 0.2) is 41.2 Å². The van der Waals surface area contributed by atoms with E-state index >= 15 is 0 Å².